The van der Waals surface area contributed by atoms with Crippen molar-refractivity contribution in [1.29, 1.82) is 0 Å². The van der Waals surface area contributed by atoms with Gasteiger partial charge < -0.3 is 25.0 Å². The quantitative estimate of drug-likeness (QED) is 0.445. The zero-order valence-electron chi connectivity index (χ0n) is 15.5. The molecule has 1 aromatic rings. The molecule has 2 rings (SSSR count). The molecule has 2 unspecified atom stereocenters. The van der Waals surface area contributed by atoms with Crippen LogP contribution in [0.15, 0.2) is 29.3 Å². The van der Waals surface area contributed by atoms with Crippen molar-refractivity contribution < 1.29 is 18.7 Å². The van der Waals surface area contributed by atoms with Crippen LogP contribution in [-0.4, -0.2) is 69.8 Å². The molecule has 0 radical (unpaired) electrons. The minimum Gasteiger partial charge on any atom is -0.383 e. The molecule has 2 atom stereocenters. The van der Waals surface area contributed by atoms with Gasteiger partial charge in [0.15, 0.2) is 5.96 Å². The van der Waals surface area contributed by atoms with E-state index in [1.165, 1.54) is 12.1 Å². The molecule has 1 fully saturated rings. The maximum absolute atomic E-state index is 13.2. The van der Waals surface area contributed by atoms with Crippen LogP contribution in [0.3, 0.4) is 0 Å². The van der Waals surface area contributed by atoms with Gasteiger partial charge in [-0.2, -0.15) is 0 Å². The molecule has 1 aliphatic heterocycles. The van der Waals surface area contributed by atoms with E-state index < -0.39 is 0 Å². The van der Waals surface area contributed by atoms with Gasteiger partial charge in [-0.3, -0.25) is 9.79 Å². The number of nitrogens with one attached hydrogen (secondary N) is 2. The monoisotopic (exact) mass is 366 g/mol. The highest BCUT2D eigenvalue weighted by Gasteiger charge is 2.28. The van der Waals surface area contributed by atoms with Crippen molar-refractivity contribution >= 4 is 11.9 Å². The van der Waals surface area contributed by atoms with Crippen LogP contribution in [0.5, 0.6) is 0 Å². The molecular formula is C18H27FN4O3. The van der Waals surface area contributed by atoms with Crippen LogP contribution in [0.4, 0.5) is 4.39 Å². The fourth-order valence-electron chi connectivity index (χ4n) is 2.83. The van der Waals surface area contributed by atoms with Crippen molar-refractivity contribution in [3.8, 4) is 0 Å². The highest BCUT2D eigenvalue weighted by molar-refractivity contribution is 5.86. The van der Waals surface area contributed by atoms with Crippen molar-refractivity contribution in [3.05, 3.63) is 35.6 Å². The molecule has 1 amide bonds. The number of methoxy groups -OCH3 is 1. The number of nitrogens with zero attached hydrogens (tertiary/aromatic N) is 2. The Labute approximate surface area is 153 Å². The van der Waals surface area contributed by atoms with Gasteiger partial charge in [0.2, 0.25) is 5.91 Å². The number of carbonyl (C=O) groups is 1. The third kappa shape index (κ3) is 5.96. The Bertz CT molecular complexity index is 609. The lowest BCUT2D eigenvalue weighted by Gasteiger charge is -2.38. The molecule has 1 heterocycles. The van der Waals surface area contributed by atoms with E-state index in [4.69, 9.17) is 9.47 Å². The van der Waals surface area contributed by atoms with Crippen LogP contribution in [0.2, 0.25) is 0 Å². The first kappa shape index (κ1) is 20.1. The highest BCUT2D eigenvalue weighted by atomic mass is 19.1. The summed E-state index contributed by atoms with van der Waals surface area (Å²) in [6.07, 6.45) is -0.207. The van der Waals surface area contributed by atoms with Gasteiger partial charge in [0.25, 0.3) is 0 Å². The fraction of sp³-hybridized carbons (Fsp3) is 0.556. The third-order valence-corrected chi connectivity index (χ3v) is 4.05. The Hall–Kier alpha value is -2.19. The van der Waals surface area contributed by atoms with Crippen molar-refractivity contribution in [2.75, 3.05) is 46.9 Å². The molecule has 0 aliphatic carbocycles. The van der Waals surface area contributed by atoms with Gasteiger partial charge in [-0.05, 0) is 24.6 Å². The number of ether oxygens (including phenoxy) is 2. The predicted octanol–water partition coefficient (Wildman–Crippen LogP) is 0.926. The number of hydrogen-bond acceptors (Lipinski definition) is 4. The number of halogens is 1. The largest absolute Gasteiger partial charge is 0.383 e. The molecule has 8 heteroatoms. The Morgan fingerprint density at radius 2 is 2.08 bits per heavy atom. The molecule has 0 saturated carbocycles. The third-order valence-electron chi connectivity index (χ3n) is 4.05. The van der Waals surface area contributed by atoms with Gasteiger partial charge in [-0.15, -0.1) is 0 Å². The van der Waals surface area contributed by atoms with Crippen molar-refractivity contribution in [3.63, 3.8) is 0 Å². The van der Waals surface area contributed by atoms with E-state index in [1.807, 2.05) is 11.8 Å². The van der Waals surface area contributed by atoms with Crippen molar-refractivity contribution in [1.82, 2.24) is 15.5 Å². The Morgan fingerprint density at radius 3 is 2.73 bits per heavy atom. The van der Waals surface area contributed by atoms with E-state index in [2.05, 4.69) is 15.6 Å². The van der Waals surface area contributed by atoms with Gasteiger partial charge >= 0.3 is 0 Å². The number of aliphatic imine (C=N–C) groups is 1. The topological polar surface area (TPSA) is 75.2 Å². The first-order chi connectivity index (χ1) is 12.5. The number of guanidine groups is 1. The van der Waals surface area contributed by atoms with E-state index in [9.17, 15) is 9.18 Å². The van der Waals surface area contributed by atoms with Crippen LogP contribution in [0.25, 0.3) is 0 Å². The second-order valence-corrected chi connectivity index (χ2v) is 6.14. The highest BCUT2D eigenvalue weighted by Crippen LogP contribution is 2.25. The molecule has 2 N–H and O–H groups in total. The zero-order valence-corrected chi connectivity index (χ0v) is 15.5. The molecule has 7 nitrogen and oxygen atoms in total. The summed E-state index contributed by atoms with van der Waals surface area (Å²) in [6.45, 7) is 4.28. The van der Waals surface area contributed by atoms with Crippen LogP contribution in [0, 0.1) is 5.82 Å². The molecule has 1 aromatic carbocycles. The van der Waals surface area contributed by atoms with Gasteiger partial charge in [0, 0.05) is 27.2 Å². The number of hydrogen-bond donors (Lipinski definition) is 2. The van der Waals surface area contributed by atoms with E-state index >= 15 is 0 Å². The van der Waals surface area contributed by atoms with Gasteiger partial charge in [-0.25, -0.2) is 4.39 Å². The number of rotatable bonds is 6. The van der Waals surface area contributed by atoms with E-state index in [0.717, 1.165) is 5.56 Å². The van der Waals surface area contributed by atoms with Crippen LogP contribution in [0.1, 0.15) is 18.6 Å². The lowest BCUT2D eigenvalue weighted by Crippen LogP contribution is -2.52. The average molecular weight is 366 g/mol. The minimum atomic E-state index is -0.272. The fourth-order valence-corrected chi connectivity index (χ4v) is 2.83. The molecule has 0 bridgehead atoms. The molecule has 1 aliphatic rings. The lowest BCUT2D eigenvalue weighted by molar-refractivity contribution is -0.120. The summed E-state index contributed by atoms with van der Waals surface area (Å²) in [5.41, 5.74) is 0.913. The maximum atomic E-state index is 13.2. The summed E-state index contributed by atoms with van der Waals surface area (Å²) in [6, 6.07) is 6.32. The minimum absolute atomic E-state index is 0.0205. The number of amides is 1. The molecule has 1 saturated heterocycles. The molecule has 0 aromatic heterocycles. The van der Waals surface area contributed by atoms with Crippen molar-refractivity contribution in [2.45, 2.75) is 19.1 Å². The van der Waals surface area contributed by atoms with E-state index in [0.29, 0.717) is 32.2 Å². The van der Waals surface area contributed by atoms with Crippen LogP contribution < -0.4 is 10.6 Å². The predicted molar refractivity (Wildman–Crippen MR) is 97.5 cm³/mol. The normalized spacial score (nSPS) is 20.8. The first-order valence-electron chi connectivity index (χ1n) is 8.65. The Balaban J connectivity index is 1.94. The standard InChI is InChI=1S/C18H27FN4O3/c1-13-11-23(12-16(26-13)14-4-6-15(19)7-5-14)18(20-2)22-10-17(24)21-8-9-25-3/h4-7,13,16H,8-12H2,1-3H3,(H,20,22)(H,21,24). The van der Waals surface area contributed by atoms with Crippen molar-refractivity contribution in [2.24, 2.45) is 4.99 Å². The van der Waals surface area contributed by atoms with E-state index in [-0.39, 0.29) is 30.5 Å². The summed E-state index contributed by atoms with van der Waals surface area (Å²) in [5, 5.41) is 5.83. The average Bonchev–Trinajstić information content (AvgIpc) is 2.62. The lowest BCUT2D eigenvalue weighted by atomic mass is 10.1. The van der Waals surface area contributed by atoms with Gasteiger partial charge in [0.05, 0.1) is 25.8 Å². The van der Waals surface area contributed by atoms with Crippen LogP contribution in [-0.2, 0) is 14.3 Å². The summed E-state index contributed by atoms with van der Waals surface area (Å²) >= 11 is 0. The first-order valence-corrected chi connectivity index (χ1v) is 8.65. The molecule has 0 spiro atoms. The zero-order chi connectivity index (χ0) is 18.9. The van der Waals surface area contributed by atoms with Gasteiger partial charge in [-0.1, -0.05) is 12.1 Å². The molecule has 26 heavy (non-hydrogen) atoms. The molecular weight excluding hydrogens is 339 g/mol. The second kappa shape index (κ2) is 10.1. The number of benzene rings is 1. The smallest absolute Gasteiger partial charge is 0.239 e. The number of carbonyl (C=O) groups excluding carboxylic acids is 1. The summed E-state index contributed by atoms with van der Waals surface area (Å²) < 4.78 is 24.0. The summed E-state index contributed by atoms with van der Waals surface area (Å²) in [4.78, 5) is 18.2. The van der Waals surface area contributed by atoms with Crippen LogP contribution >= 0.6 is 0 Å². The maximum Gasteiger partial charge on any atom is 0.239 e. The molecule has 144 valence electrons. The number of morpholine rings is 1. The van der Waals surface area contributed by atoms with Gasteiger partial charge in [0.1, 0.15) is 11.9 Å². The Kier molecular flexibility index (Phi) is 7.80. The van der Waals surface area contributed by atoms with E-state index in [1.54, 1.807) is 26.3 Å². The summed E-state index contributed by atoms with van der Waals surface area (Å²) in [5.74, 6) is 0.236. The SMILES string of the molecule is CN=C(NCC(=O)NCCOC)N1CC(C)OC(c2ccc(F)cc2)C1. The summed E-state index contributed by atoms with van der Waals surface area (Å²) in [7, 11) is 3.27. The second-order valence-electron chi connectivity index (χ2n) is 6.14. The Morgan fingerprint density at radius 1 is 1.35 bits per heavy atom.